The zero-order valence-corrected chi connectivity index (χ0v) is 31.7. The van der Waals surface area contributed by atoms with E-state index >= 15 is 0 Å². The van der Waals surface area contributed by atoms with Gasteiger partial charge < -0.3 is 23.8 Å². The number of piperidine rings is 1. The molecule has 51 heavy (non-hydrogen) atoms. The van der Waals surface area contributed by atoms with Crippen molar-refractivity contribution in [3.8, 4) is 23.0 Å². The minimum absolute atomic E-state index is 0.0481. The van der Waals surface area contributed by atoms with Gasteiger partial charge in [-0.3, -0.25) is 19.4 Å². The highest BCUT2D eigenvalue weighted by atomic mass is 32.2. The molecule has 7 rings (SSSR count). The van der Waals surface area contributed by atoms with E-state index in [1.165, 1.54) is 27.2 Å². The quantitative estimate of drug-likeness (QED) is 0.161. The summed E-state index contributed by atoms with van der Waals surface area (Å²) in [5.41, 5.74) is 6.14. The van der Waals surface area contributed by atoms with Gasteiger partial charge in [-0.05, 0) is 96.2 Å². The van der Waals surface area contributed by atoms with Crippen LogP contribution in [0.3, 0.4) is 0 Å². The number of ether oxygens (including phenoxy) is 4. The van der Waals surface area contributed by atoms with Crippen LogP contribution < -0.4 is 18.9 Å². The van der Waals surface area contributed by atoms with Crippen LogP contribution in [0, 0.1) is 11.8 Å². The van der Waals surface area contributed by atoms with Gasteiger partial charge >= 0.3 is 0 Å². The lowest BCUT2D eigenvalue weighted by Crippen LogP contribution is -2.47. The van der Waals surface area contributed by atoms with E-state index in [9.17, 15) is 9.59 Å². The first-order chi connectivity index (χ1) is 24.8. The molecule has 4 aliphatic heterocycles. The van der Waals surface area contributed by atoms with E-state index in [-0.39, 0.29) is 17.9 Å². The topological polar surface area (TPSA) is 80.8 Å². The molecule has 4 atom stereocenters. The van der Waals surface area contributed by atoms with E-state index in [0.29, 0.717) is 41.3 Å². The van der Waals surface area contributed by atoms with Crippen LogP contribution in [0.4, 0.5) is 0 Å². The van der Waals surface area contributed by atoms with E-state index in [2.05, 4.69) is 41.0 Å². The Bertz CT molecular complexity index is 1800. The third-order valence-electron chi connectivity index (χ3n) is 11.5. The summed E-state index contributed by atoms with van der Waals surface area (Å²) >= 11 is 7.75. The van der Waals surface area contributed by atoms with Crippen molar-refractivity contribution in [3.05, 3.63) is 81.9 Å². The molecule has 4 aliphatic rings. The first-order valence-corrected chi connectivity index (χ1v) is 19.3. The number of hydrogen-bond acceptors (Lipinski definition) is 9. The third kappa shape index (κ3) is 6.57. The number of amides is 2. The molecule has 0 saturated carbocycles. The highest BCUT2D eigenvalue weighted by molar-refractivity contribution is 8.22. The molecule has 0 bridgehead atoms. The zero-order chi connectivity index (χ0) is 35.8. The number of rotatable bonds is 10. The van der Waals surface area contributed by atoms with Gasteiger partial charge in [0.05, 0.1) is 45.6 Å². The molecule has 9 nitrogen and oxygen atoms in total. The van der Waals surface area contributed by atoms with Crippen LogP contribution in [-0.2, 0) is 12.8 Å². The van der Waals surface area contributed by atoms with Gasteiger partial charge in [-0.25, -0.2) is 0 Å². The van der Waals surface area contributed by atoms with Gasteiger partial charge in [0.25, 0.3) is 11.8 Å². The highest BCUT2D eigenvalue weighted by Gasteiger charge is 2.42. The van der Waals surface area contributed by atoms with Crippen molar-refractivity contribution >= 4 is 40.1 Å². The molecule has 0 spiro atoms. The molecule has 0 aliphatic carbocycles. The summed E-state index contributed by atoms with van der Waals surface area (Å²) in [6.07, 6.45) is 4.95. The number of benzene rings is 3. The fraction of sp³-hybridized carbons (Fsp3) is 0.475. The van der Waals surface area contributed by atoms with Crippen LogP contribution >= 0.6 is 24.0 Å². The van der Waals surface area contributed by atoms with Crippen molar-refractivity contribution in [2.24, 2.45) is 11.8 Å². The number of hydrogen-bond donors (Lipinski definition) is 0. The van der Waals surface area contributed by atoms with Gasteiger partial charge in [0, 0.05) is 38.0 Å². The Hall–Kier alpha value is -3.80. The van der Waals surface area contributed by atoms with Crippen LogP contribution in [0.15, 0.2) is 48.5 Å². The Morgan fingerprint density at radius 2 is 1.37 bits per heavy atom. The zero-order valence-electron chi connectivity index (χ0n) is 30.1. The van der Waals surface area contributed by atoms with Crippen molar-refractivity contribution in [1.82, 2.24) is 14.7 Å². The van der Waals surface area contributed by atoms with Crippen molar-refractivity contribution in [3.63, 3.8) is 0 Å². The van der Waals surface area contributed by atoms with Crippen molar-refractivity contribution in [1.29, 1.82) is 0 Å². The Kier molecular flexibility index (Phi) is 10.5. The smallest absolute Gasteiger partial charge is 0.261 e. The van der Waals surface area contributed by atoms with Gasteiger partial charge in [0.1, 0.15) is 4.32 Å². The SMILES string of the molecule is CC[C@H]1CN2CCc3cc(OC)c(OC)cc3[C@@H]2C[C@@H]1C[C@@H]1c2cc(OC)c(OC)cc2CCN1C(=S)SCCN1C(=O)c2ccccc2C1=O. The summed E-state index contributed by atoms with van der Waals surface area (Å²) in [7, 11) is 6.78. The average molecular weight is 730 g/mol. The highest BCUT2D eigenvalue weighted by Crippen LogP contribution is 2.49. The number of carbonyl (C=O) groups is 2. The first-order valence-electron chi connectivity index (χ1n) is 17.9. The van der Waals surface area contributed by atoms with Gasteiger partial charge in [0.15, 0.2) is 23.0 Å². The second-order valence-electron chi connectivity index (χ2n) is 13.9. The van der Waals surface area contributed by atoms with Gasteiger partial charge in [-0.15, -0.1) is 0 Å². The fourth-order valence-corrected chi connectivity index (χ4v) is 10.1. The Morgan fingerprint density at radius 3 is 1.98 bits per heavy atom. The number of imide groups is 1. The second-order valence-corrected chi connectivity index (χ2v) is 15.6. The van der Waals surface area contributed by atoms with Crippen molar-refractivity contribution < 1.29 is 28.5 Å². The molecule has 0 N–H and O–H groups in total. The van der Waals surface area contributed by atoms with Gasteiger partial charge in [-0.1, -0.05) is 49.5 Å². The minimum Gasteiger partial charge on any atom is -0.493 e. The van der Waals surface area contributed by atoms with E-state index in [1.807, 2.05) is 0 Å². The number of fused-ring (bicyclic) bond motifs is 5. The molecule has 4 heterocycles. The van der Waals surface area contributed by atoms with Gasteiger partial charge in [-0.2, -0.15) is 0 Å². The first kappa shape index (κ1) is 35.6. The van der Waals surface area contributed by atoms with Crippen LogP contribution in [0.1, 0.15) is 81.2 Å². The van der Waals surface area contributed by atoms with E-state index in [4.69, 9.17) is 31.2 Å². The number of carbonyl (C=O) groups excluding carboxylic acids is 2. The van der Waals surface area contributed by atoms with Crippen molar-refractivity contribution in [2.45, 2.75) is 51.1 Å². The molecule has 0 aromatic heterocycles. The lowest BCUT2D eigenvalue weighted by atomic mass is 9.72. The normalized spacial score (nSPS) is 22.5. The molecule has 2 amide bonds. The Labute approximate surface area is 310 Å². The molecule has 1 fully saturated rings. The predicted octanol–water partition coefficient (Wildman–Crippen LogP) is 6.97. The molecule has 0 radical (unpaired) electrons. The summed E-state index contributed by atoms with van der Waals surface area (Å²) in [6.45, 7) is 5.52. The molecule has 0 unspecified atom stereocenters. The summed E-state index contributed by atoms with van der Waals surface area (Å²) in [6, 6.07) is 16.1. The number of methoxy groups -OCH3 is 4. The molecular weight excluding hydrogens is 683 g/mol. The molecule has 11 heteroatoms. The monoisotopic (exact) mass is 729 g/mol. The second kappa shape index (κ2) is 15.0. The molecular formula is C40H47N3O6S2. The maximum atomic E-state index is 13.0. The van der Waals surface area contributed by atoms with Crippen LogP contribution in [0.5, 0.6) is 23.0 Å². The van der Waals surface area contributed by atoms with E-state index in [0.717, 1.165) is 79.1 Å². The van der Waals surface area contributed by atoms with Crippen LogP contribution in [-0.4, -0.2) is 91.2 Å². The lowest BCUT2D eigenvalue weighted by Gasteiger charge is -2.49. The van der Waals surface area contributed by atoms with Gasteiger partial charge in [0.2, 0.25) is 0 Å². The van der Waals surface area contributed by atoms with E-state index < -0.39 is 0 Å². The van der Waals surface area contributed by atoms with Crippen LogP contribution in [0.25, 0.3) is 0 Å². The maximum absolute atomic E-state index is 13.0. The van der Waals surface area contributed by atoms with Crippen molar-refractivity contribution in [2.75, 3.05) is 60.4 Å². The largest absolute Gasteiger partial charge is 0.493 e. The Balaban J connectivity index is 1.15. The summed E-state index contributed by atoms with van der Waals surface area (Å²) in [5, 5.41) is 0. The lowest BCUT2D eigenvalue weighted by molar-refractivity contribution is 0.0381. The maximum Gasteiger partial charge on any atom is 0.261 e. The summed E-state index contributed by atoms with van der Waals surface area (Å²) in [5.74, 6) is 4.10. The molecule has 3 aromatic rings. The molecule has 1 saturated heterocycles. The fourth-order valence-electron chi connectivity index (χ4n) is 8.79. The summed E-state index contributed by atoms with van der Waals surface area (Å²) < 4.78 is 23.7. The summed E-state index contributed by atoms with van der Waals surface area (Å²) in [4.78, 5) is 32.5. The number of thioether (sulfide) groups is 1. The predicted molar refractivity (Wildman–Crippen MR) is 204 cm³/mol. The van der Waals surface area contributed by atoms with Crippen LogP contribution in [0.2, 0.25) is 0 Å². The number of nitrogens with zero attached hydrogens (tertiary/aromatic N) is 3. The minimum atomic E-state index is -0.231. The Morgan fingerprint density at radius 1 is 0.804 bits per heavy atom. The average Bonchev–Trinajstić information content (AvgIpc) is 3.41. The molecule has 270 valence electrons. The molecule has 3 aromatic carbocycles. The third-order valence-corrected chi connectivity index (χ3v) is 12.9. The standard InChI is InChI=1S/C40H47N3O6S2/c1-6-24-23-41-13-11-25-19-34(46-2)36(48-4)21-30(25)32(41)17-27(24)18-33-31-22-37(49-5)35(47-3)20-26(31)12-14-42(33)40(50)51-16-15-43-38(44)28-9-7-8-10-29(28)39(43)45/h7-10,19-22,24,27,32-33H,6,11-18,23H2,1-5H3/t24-,27+,32-,33+/m0/s1. The van der Waals surface area contributed by atoms with E-state index in [1.54, 1.807) is 64.5 Å². The number of thiocarbonyl (C=S) groups is 1.